The first-order valence-electron chi connectivity index (χ1n) is 8.28. The predicted molar refractivity (Wildman–Crippen MR) is 101 cm³/mol. The summed E-state index contributed by atoms with van der Waals surface area (Å²) in [5.74, 6) is 0.252. The molecule has 0 spiro atoms. The number of nitrogens with zero attached hydrogens (tertiary/aromatic N) is 5. The summed E-state index contributed by atoms with van der Waals surface area (Å²) in [6, 6.07) is 8.01. The smallest absolute Gasteiger partial charge is 0.280 e. The Labute approximate surface area is 153 Å². The van der Waals surface area contributed by atoms with E-state index in [1.807, 2.05) is 13.0 Å². The Morgan fingerprint density at radius 3 is 2.62 bits per heavy atom. The van der Waals surface area contributed by atoms with Gasteiger partial charge in [-0.3, -0.25) is 4.79 Å². The van der Waals surface area contributed by atoms with Crippen LogP contribution in [0.5, 0.6) is 0 Å². The highest BCUT2D eigenvalue weighted by Gasteiger charge is 2.18. The van der Waals surface area contributed by atoms with E-state index in [1.54, 1.807) is 27.4 Å². The second-order valence-electron chi connectivity index (χ2n) is 5.89. The SMILES string of the molecule is CCc1nn2c(nnc3c(=O)n(CCS)ccc32)c1-c1ccc(F)cc1. The van der Waals surface area contributed by atoms with Gasteiger partial charge in [0.05, 0.1) is 11.3 Å². The van der Waals surface area contributed by atoms with Gasteiger partial charge in [0.1, 0.15) is 11.3 Å². The highest BCUT2D eigenvalue weighted by atomic mass is 32.1. The number of hydrogen-bond donors (Lipinski definition) is 1. The third kappa shape index (κ3) is 2.57. The molecule has 0 amide bonds. The molecule has 0 N–H and O–H groups in total. The summed E-state index contributed by atoms with van der Waals surface area (Å²) >= 11 is 4.17. The van der Waals surface area contributed by atoms with Crippen LogP contribution in [0.15, 0.2) is 41.3 Å². The van der Waals surface area contributed by atoms with Crippen LogP contribution in [-0.2, 0) is 13.0 Å². The van der Waals surface area contributed by atoms with Gasteiger partial charge in [-0.25, -0.2) is 8.91 Å². The highest BCUT2D eigenvalue weighted by Crippen LogP contribution is 2.29. The fourth-order valence-electron chi connectivity index (χ4n) is 3.07. The molecule has 8 heteroatoms. The maximum atomic E-state index is 13.3. The minimum Gasteiger partial charge on any atom is -0.313 e. The Bertz CT molecular complexity index is 1170. The number of pyridine rings is 1. The molecule has 0 aliphatic rings. The summed E-state index contributed by atoms with van der Waals surface area (Å²) in [4.78, 5) is 12.6. The van der Waals surface area contributed by atoms with Crippen molar-refractivity contribution in [2.24, 2.45) is 0 Å². The summed E-state index contributed by atoms with van der Waals surface area (Å²) in [5.41, 5.74) is 3.63. The molecule has 132 valence electrons. The minimum absolute atomic E-state index is 0.220. The van der Waals surface area contributed by atoms with Crippen LogP contribution in [0.3, 0.4) is 0 Å². The topological polar surface area (TPSA) is 65.1 Å². The van der Waals surface area contributed by atoms with Gasteiger partial charge in [-0.1, -0.05) is 19.1 Å². The minimum atomic E-state index is -0.301. The first-order valence-corrected chi connectivity index (χ1v) is 8.91. The monoisotopic (exact) mass is 369 g/mol. The first-order chi connectivity index (χ1) is 12.6. The molecular weight excluding hydrogens is 353 g/mol. The molecule has 0 radical (unpaired) electrons. The number of rotatable bonds is 4. The van der Waals surface area contributed by atoms with E-state index in [0.717, 1.165) is 16.8 Å². The summed E-state index contributed by atoms with van der Waals surface area (Å²) in [5, 5.41) is 13.1. The molecule has 1 aromatic carbocycles. The van der Waals surface area contributed by atoms with Crippen molar-refractivity contribution in [3.63, 3.8) is 0 Å². The lowest BCUT2D eigenvalue weighted by molar-refractivity contribution is 0.628. The van der Waals surface area contributed by atoms with Gasteiger partial charge in [-0.2, -0.15) is 17.7 Å². The van der Waals surface area contributed by atoms with Crippen molar-refractivity contribution >= 4 is 29.3 Å². The fourth-order valence-corrected chi connectivity index (χ4v) is 3.29. The number of fused-ring (bicyclic) bond motifs is 3. The van der Waals surface area contributed by atoms with E-state index < -0.39 is 0 Å². The van der Waals surface area contributed by atoms with Gasteiger partial charge in [0.15, 0.2) is 11.2 Å². The molecule has 0 saturated heterocycles. The average Bonchev–Trinajstić information content (AvgIpc) is 3.04. The van der Waals surface area contributed by atoms with Crippen LogP contribution in [0.1, 0.15) is 12.6 Å². The van der Waals surface area contributed by atoms with Gasteiger partial charge in [0.2, 0.25) is 0 Å². The van der Waals surface area contributed by atoms with Crippen LogP contribution in [-0.4, -0.2) is 30.1 Å². The molecule has 0 saturated carbocycles. The number of benzene rings is 1. The Balaban J connectivity index is 2.03. The molecule has 0 unspecified atom stereocenters. The zero-order valence-electron chi connectivity index (χ0n) is 14.1. The van der Waals surface area contributed by atoms with Crippen LogP contribution in [0, 0.1) is 5.82 Å². The van der Waals surface area contributed by atoms with Gasteiger partial charge in [0.25, 0.3) is 5.56 Å². The van der Waals surface area contributed by atoms with Crippen molar-refractivity contribution in [3.8, 4) is 11.1 Å². The second-order valence-corrected chi connectivity index (χ2v) is 6.34. The van der Waals surface area contributed by atoms with Crippen molar-refractivity contribution in [3.05, 3.63) is 58.4 Å². The number of aromatic nitrogens is 5. The van der Waals surface area contributed by atoms with E-state index in [9.17, 15) is 9.18 Å². The van der Waals surface area contributed by atoms with Gasteiger partial charge < -0.3 is 4.57 Å². The summed E-state index contributed by atoms with van der Waals surface area (Å²) in [6.07, 6.45) is 2.39. The quantitative estimate of drug-likeness (QED) is 0.562. The highest BCUT2D eigenvalue weighted by molar-refractivity contribution is 7.80. The Morgan fingerprint density at radius 2 is 1.92 bits per heavy atom. The first kappa shape index (κ1) is 16.7. The van der Waals surface area contributed by atoms with E-state index in [2.05, 4.69) is 27.9 Å². The van der Waals surface area contributed by atoms with Crippen molar-refractivity contribution in [2.75, 3.05) is 5.75 Å². The van der Waals surface area contributed by atoms with E-state index in [-0.39, 0.29) is 16.9 Å². The number of aryl methyl sites for hydroxylation is 2. The number of thiol groups is 1. The van der Waals surface area contributed by atoms with Gasteiger partial charge in [-0.15, -0.1) is 10.2 Å². The predicted octanol–water partition coefficient (Wildman–Crippen LogP) is 2.74. The zero-order valence-corrected chi connectivity index (χ0v) is 14.9. The Hall–Kier alpha value is -2.74. The van der Waals surface area contributed by atoms with Crippen molar-refractivity contribution < 1.29 is 4.39 Å². The lowest BCUT2D eigenvalue weighted by atomic mass is 10.0. The lowest BCUT2D eigenvalue weighted by Gasteiger charge is -2.05. The Kier molecular flexibility index (Phi) is 4.20. The van der Waals surface area contributed by atoms with Crippen LogP contribution in [0.2, 0.25) is 0 Å². The molecule has 3 aromatic heterocycles. The van der Waals surface area contributed by atoms with E-state index in [0.29, 0.717) is 29.9 Å². The Morgan fingerprint density at radius 1 is 1.15 bits per heavy atom. The molecule has 0 fully saturated rings. The summed E-state index contributed by atoms with van der Waals surface area (Å²) in [6.45, 7) is 2.49. The third-order valence-electron chi connectivity index (χ3n) is 4.33. The van der Waals surface area contributed by atoms with E-state index in [1.165, 1.54) is 12.1 Å². The molecule has 0 aliphatic carbocycles. The molecular formula is C18H16FN5OS. The normalized spacial score (nSPS) is 11.5. The molecule has 4 rings (SSSR count). The maximum absolute atomic E-state index is 13.3. The van der Waals surface area contributed by atoms with E-state index in [4.69, 9.17) is 0 Å². The van der Waals surface area contributed by atoms with Gasteiger partial charge >= 0.3 is 0 Å². The fraction of sp³-hybridized carbons (Fsp3) is 0.222. The van der Waals surface area contributed by atoms with Crippen LogP contribution in [0.25, 0.3) is 27.8 Å². The summed E-state index contributed by atoms with van der Waals surface area (Å²) in [7, 11) is 0. The van der Waals surface area contributed by atoms with E-state index >= 15 is 0 Å². The van der Waals surface area contributed by atoms with Crippen LogP contribution in [0.4, 0.5) is 4.39 Å². The molecule has 26 heavy (non-hydrogen) atoms. The van der Waals surface area contributed by atoms with Gasteiger partial charge in [0, 0.05) is 18.5 Å². The molecule has 0 bridgehead atoms. The standard InChI is InChI=1S/C18H16FN5OS/c1-2-13-15(11-3-5-12(19)6-4-11)17-21-20-16-14(24(17)22-13)7-8-23(9-10-26)18(16)25/h3-8,26H,2,9-10H2,1H3. The molecule has 4 aromatic rings. The van der Waals surface area contributed by atoms with Crippen LogP contribution < -0.4 is 5.56 Å². The van der Waals surface area contributed by atoms with Crippen molar-refractivity contribution in [1.82, 2.24) is 24.4 Å². The molecule has 6 nitrogen and oxygen atoms in total. The lowest BCUT2D eigenvalue weighted by Crippen LogP contribution is -2.22. The largest absolute Gasteiger partial charge is 0.313 e. The van der Waals surface area contributed by atoms with Crippen molar-refractivity contribution in [1.29, 1.82) is 0 Å². The van der Waals surface area contributed by atoms with Crippen LogP contribution >= 0.6 is 12.6 Å². The number of halogens is 1. The van der Waals surface area contributed by atoms with Gasteiger partial charge in [-0.05, 0) is 30.2 Å². The maximum Gasteiger partial charge on any atom is 0.280 e. The zero-order chi connectivity index (χ0) is 18.3. The summed E-state index contributed by atoms with van der Waals surface area (Å²) < 4.78 is 16.5. The van der Waals surface area contributed by atoms with Crippen molar-refractivity contribution in [2.45, 2.75) is 19.9 Å². The number of hydrogen-bond acceptors (Lipinski definition) is 5. The molecule has 0 aliphatic heterocycles. The molecule has 3 heterocycles. The molecule has 0 atom stereocenters. The third-order valence-corrected chi connectivity index (χ3v) is 4.53. The average molecular weight is 369 g/mol. The second kappa shape index (κ2) is 6.53.